The number of halogens is 3. The Morgan fingerprint density at radius 3 is 2.36 bits per heavy atom. The monoisotopic (exact) mass is 404 g/mol. The van der Waals surface area contributed by atoms with Crippen LogP contribution in [0.15, 0.2) is 48.2 Å². The molecule has 0 N–H and O–H groups in total. The summed E-state index contributed by atoms with van der Waals surface area (Å²) in [6.45, 7) is 5.36. The third-order valence-electron chi connectivity index (χ3n) is 4.59. The molecule has 0 aliphatic carbocycles. The third kappa shape index (κ3) is 6.12. The number of benzene rings is 2. The van der Waals surface area contributed by atoms with Gasteiger partial charge >= 0.3 is 6.18 Å². The molecule has 0 amide bonds. The number of hydrogen-bond acceptors (Lipinski definition) is 2. The number of carbonyl (C=O) groups excluding carboxylic acids is 1. The maximum Gasteiger partial charge on any atom is 0.449 e. The molecule has 1 unspecified atom stereocenters. The average Bonchev–Trinajstić information content (AvgIpc) is 2.64. The van der Waals surface area contributed by atoms with Crippen LogP contribution in [0, 0.1) is 0 Å². The van der Waals surface area contributed by atoms with Crippen LogP contribution in [0.2, 0.25) is 0 Å². The Kier molecular flexibility index (Phi) is 7.36. The smallest absolute Gasteiger partial charge is 0.449 e. The van der Waals surface area contributed by atoms with Crippen LogP contribution in [0.25, 0.3) is 10.8 Å². The van der Waals surface area contributed by atoms with Crippen molar-refractivity contribution in [1.29, 1.82) is 0 Å². The predicted octanol–water partition coefficient (Wildman–Crippen LogP) is 6.12. The van der Waals surface area contributed by atoms with Crippen molar-refractivity contribution in [2.45, 2.75) is 57.1 Å². The van der Waals surface area contributed by atoms with E-state index >= 15 is 0 Å². The molecule has 2 aromatic rings. The van der Waals surface area contributed by atoms with Gasteiger partial charge in [0.15, 0.2) is 22.1 Å². The van der Waals surface area contributed by atoms with Crippen LogP contribution in [-0.4, -0.2) is 32.7 Å². The lowest BCUT2D eigenvalue weighted by Crippen LogP contribution is -2.32. The van der Waals surface area contributed by atoms with Crippen molar-refractivity contribution < 1.29 is 22.7 Å². The minimum absolute atomic E-state index is 0.195. The second-order valence-electron chi connectivity index (χ2n) is 7.14. The van der Waals surface area contributed by atoms with Gasteiger partial charge in [-0.25, -0.2) is 0 Å². The third-order valence-corrected chi connectivity index (χ3v) is 5.12. The van der Waals surface area contributed by atoms with Gasteiger partial charge < -0.3 is 4.74 Å². The fourth-order valence-electron chi connectivity index (χ4n) is 2.68. The number of hydrogen-bond donors (Lipinski definition) is 0. The zero-order valence-electron chi connectivity index (χ0n) is 16.4. The molecule has 0 saturated carbocycles. The Balaban J connectivity index is 2.32. The van der Waals surface area contributed by atoms with E-state index in [0.29, 0.717) is 12.5 Å². The Bertz CT molecular complexity index is 870. The highest BCUT2D eigenvalue weighted by Crippen LogP contribution is 2.31. The highest BCUT2D eigenvalue weighted by Gasteiger charge is 2.39. The van der Waals surface area contributed by atoms with E-state index in [1.165, 1.54) is 12.5 Å². The van der Waals surface area contributed by atoms with E-state index in [9.17, 15) is 18.0 Å². The molecule has 0 saturated heterocycles. The Morgan fingerprint density at radius 1 is 1.11 bits per heavy atom. The summed E-state index contributed by atoms with van der Waals surface area (Å²) in [4.78, 5) is 12.5. The van der Waals surface area contributed by atoms with E-state index in [1.54, 1.807) is 25.1 Å². The Labute approximate surface area is 172 Å². The molecule has 2 aromatic carbocycles. The van der Waals surface area contributed by atoms with Crippen molar-refractivity contribution in [2.24, 2.45) is 0 Å². The summed E-state index contributed by atoms with van der Waals surface area (Å²) >= 11 is 2.25. The first-order valence-electron chi connectivity index (χ1n) is 9.39. The fraction of sp³-hybridized carbons (Fsp3) is 0.409. The standard InChI is InChI=1S/C22H24F3O2.Al/c1-4-6-7-16-8-9-18-13-19(11-10-17(18)12-16)20(26)14-21(22(23,24)25)27-15(3)5-2;/h8-14H,4-7H2,1-3H3;. The number of allylic oxidation sites excluding steroid dienone is 2. The van der Waals surface area contributed by atoms with E-state index in [2.05, 4.69) is 29.3 Å². The Hall–Kier alpha value is -1.77. The van der Waals surface area contributed by atoms with E-state index in [-0.39, 0.29) is 5.56 Å². The molecule has 0 spiro atoms. The normalized spacial score (nSPS) is 14.7. The summed E-state index contributed by atoms with van der Waals surface area (Å²) in [6.07, 6.45) is -0.681. The van der Waals surface area contributed by atoms with Gasteiger partial charge in [0.2, 0.25) is 5.76 Å². The van der Waals surface area contributed by atoms with E-state index in [4.69, 9.17) is 4.74 Å². The summed E-state index contributed by atoms with van der Waals surface area (Å²) < 4.78 is 43.9. The van der Waals surface area contributed by atoms with Crippen LogP contribution < -0.4 is 0 Å². The van der Waals surface area contributed by atoms with Gasteiger partial charge in [-0.1, -0.05) is 50.6 Å². The van der Waals surface area contributed by atoms with Gasteiger partial charge in [-0.3, -0.25) is 4.79 Å². The van der Waals surface area contributed by atoms with Crippen molar-refractivity contribution >= 4 is 32.8 Å². The molecule has 2 radical (unpaired) electrons. The van der Waals surface area contributed by atoms with Gasteiger partial charge in [0.1, 0.15) is 0 Å². The molecular formula is C22H24AlF3O2. The molecule has 1 atom stereocenters. The van der Waals surface area contributed by atoms with Crippen LogP contribution in [0.1, 0.15) is 56.0 Å². The second-order valence-corrected chi connectivity index (χ2v) is 8.36. The molecule has 0 bridgehead atoms. The predicted molar refractivity (Wildman–Crippen MR) is 107 cm³/mol. The summed E-state index contributed by atoms with van der Waals surface area (Å²) in [6, 6.07) is 10.9. The molecule has 0 aromatic heterocycles. The summed E-state index contributed by atoms with van der Waals surface area (Å²) in [7, 11) is 0. The number of rotatable bonds is 8. The lowest BCUT2D eigenvalue weighted by Gasteiger charge is -2.29. The molecule has 2 rings (SSSR count). The van der Waals surface area contributed by atoms with Gasteiger partial charge in [-0.15, -0.1) is 0 Å². The van der Waals surface area contributed by atoms with Gasteiger partial charge in [0.25, 0.3) is 0 Å². The zero-order valence-corrected chi connectivity index (χ0v) is 17.6. The molecule has 0 fully saturated rings. The largest absolute Gasteiger partial charge is 0.502 e. The maximum absolute atomic E-state index is 13.3. The lowest BCUT2D eigenvalue weighted by atomic mass is 10.00. The van der Waals surface area contributed by atoms with Crippen molar-refractivity contribution in [3.8, 4) is 0 Å². The van der Waals surface area contributed by atoms with Crippen molar-refractivity contribution in [1.82, 2.24) is 0 Å². The van der Waals surface area contributed by atoms with Gasteiger partial charge in [-0.05, 0) is 48.6 Å². The van der Waals surface area contributed by atoms with Gasteiger partial charge in [-0.2, -0.15) is 13.2 Å². The highest BCUT2D eigenvalue weighted by atomic mass is 27.0. The first-order valence-corrected chi connectivity index (χ1v) is 9.97. The van der Waals surface area contributed by atoms with E-state index in [0.717, 1.165) is 30.0 Å². The number of aryl methyl sites for hydroxylation is 1. The van der Waals surface area contributed by atoms with Crippen molar-refractivity contribution in [3.05, 3.63) is 59.4 Å². The molecule has 148 valence electrons. The summed E-state index contributed by atoms with van der Waals surface area (Å²) in [5.41, 5.74) is 1.40. The van der Waals surface area contributed by atoms with Crippen molar-refractivity contribution in [3.63, 3.8) is 0 Å². The molecule has 0 aliphatic heterocycles. The van der Waals surface area contributed by atoms with E-state index in [1.807, 2.05) is 12.1 Å². The van der Waals surface area contributed by atoms with Crippen LogP contribution in [-0.2, 0) is 11.2 Å². The van der Waals surface area contributed by atoms with Crippen LogP contribution in [0.5, 0.6) is 0 Å². The van der Waals surface area contributed by atoms with Crippen LogP contribution in [0.3, 0.4) is 0 Å². The molecular weight excluding hydrogens is 380 g/mol. The minimum Gasteiger partial charge on any atom is -0.502 e. The average molecular weight is 404 g/mol. The van der Waals surface area contributed by atoms with E-state index < -0.39 is 22.2 Å². The van der Waals surface area contributed by atoms with Gasteiger partial charge in [0, 0.05) is 16.1 Å². The molecule has 2 nitrogen and oxygen atoms in total. The number of unbranched alkanes of at least 4 members (excludes halogenated alkanes) is 1. The topological polar surface area (TPSA) is 26.3 Å². The second kappa shape index (κ2) is 9.15. The number of ketones is 1. The highest BCUT2D eigenvalue weighted by molar-refractivity contribution is 6.14. The number of alkyl halides is 3. The lowest BCUT2D eigenvalue weighted by molar-refractivity contribution is -0.143. The minimum atomic E-state index is -4.74. The number of ether oxygens (including phenoxy) is 1. The first kappa shape index (κ1) is 22.5. The van der Waals surface area contributed by atoms with Crippen LogP contribution in [0.4, 0.5) is 13.2 Å². The first-order chi connectivity index (χ1) is 13.1. The van der Waals surface area contributed by atoms with Gasteiger partial charge in [0.05, 0.1) is 0 Å². The SMILES string of the molecule is CCCCc1ccc2cc(C(=O)C=C(O[C](C)([Al])CC)C(F)(F)F)ccc2c1. The zero-order chi connectivity index (χ0) is 20.9. The molecule has 6 heteroatoms. The summed E-state index contributed by atoms with van der Waals surface area (Å²) in [5, 5.41) is 1.78. The molecule has 0 aliphatic rings. The quantitative estimate of drug-likeness (QED) is 0.229. The molecule has 28 heavy (non-hydrogen) atoms. The van der Waals surface area contributed by atoms with Crippen LogP contribution >= 0.6 is 0 Å². The van der Waals surface area contributed by atoms with Crippen molar-refractivity contribution in [2.75, 3.05) is 0 Å². The maximum atomic E-state index is 13.3. The number of carbonyl (C=O) groups is 1. The number of fused-ring (bicyclic) bond motifs is 1. The fourth-order valence-corrected chi connectivity index (χ4v) is 2.81. The Morgan fingerprint density at radius 2 is 1.75 bits per heavy atom. The molecule has 0 heterocycles. The summed E-state index contributed by atoms with van der Waals surface area (Å²) in [5.74, 6) is -2.02.